The second-order valence-corrected chi connectivity index (χ2v) is 7.61. The molecule has 184 valence electrons. The number of carbonyl (C=O) groups excluding carboxylic acids is 2. The molecular weight excluding hydrogens is 467 g/mol. The van der Waals surface area contributed by atoms with Crippen molar-refractivity contribution in [2.45, 2.75) is 33.1 Å². The molecule has 0 radical (unpaired) electrons. The van der Waals surface area contributed by atoms with E-state index >= 15 is 0 Å². The number of esters is 1. The van der Waals surface area contributed by atoms with E-state index in [0.717, 1.165) is 11.0 Å². The number of benzene rings is 3. The van der Waals surface area contributed by atoms with Crippen molar-refractivity contribution in [3.05, 3.63) is 65.0 Å². The molecule has 1 amide bonds. The van der Waals surface area contributed by atoms with Crippen molar-refractivity contribution in [1.29, 1.82) is 0 Å². The van der Waals surface area contributed by atoms with E-state index in [1.807, 2.05) is 0 Å². The van der Waals surface area contributed by atoms with Crippen LogP contribution in [0.4, 0.5) is 18.9 Å². The number of aliphatic hydroxyl groups is 1. The summed E-state index contributed by atoms with van der Waals surface area (Å²) in [6.07, 6.45) is -1.98. The number of halogens is 3. The molecule has 0 fully saturated rings. The zero-order chi connectivity index (χ0) is 25.3. The first-order valence-electron chi connectivity index (χ1n) is 10.9. The van der Waals surface area contributed by atoms with E-state index in [-0.39, 0.29) is 53.1 Å². The standard InChI is InChI=1S/C25H22F3NO6/c1-3-33-18(30)11-13-9-10-14(12-17(13)26)29-23(31)19-20(24(29)32)22(35-25(27)28)16-8-6-5-7-15(16)21(19)34-4-2/h5-10,12,23,25,31H,3-4,11H2,1-2H3. The fourth-order valence-electron chi connectivity index (χ4n) is 4.18. The third kappa shape index (κ3) is 4.37. The predicted molar refractivity (Wildman–Crippen MR) is 120 cm³/mol. The molecule has 10 heteroatoms. The quantitative estimate of drug-likeness (QED) is 0.461. The van der Waals surface area contributed by atoms with Crippen LogP contribution < -0.4 is 14.4 Å². The van der Waals surface area contributed by atoms with E-state index in [1.165, 1.54) is 18.2 Å². The number of hydrogen-bond acceptors (Lipinski definition) is 6. The van der Waals surface area contributed by atoms with Gasteiger partial charge >= 0.3 is 12.6 Å². The van der Waals surface area contributed by atoms with Crippen molar-refractivity contribution < 1.29 is 42.1 Å². The topological polar surface area (TPSA) is 85.3 Å². The normalized spacial score (nSPS) is 15.0. The zero-order valence-electron chi connectivity index (χ0n) is 18.9. The largest absolute Gasteiger partial charge is 0.493 e. The summed E-state index contributed by atoms with van der Waals surface area (Å²) in [5.74, 6) is -2.55. The van der Waals surface area contributed by atoms with Crippen molar-refractivity contribution in [2.75, 3.05) is 18.1 Å². The average Bonchev–Trinajstić information content (AvgIpc) is 3.07. The van der Waals surface area contributed by atoms with Crippen LogP contribution in [0.5, 0.6) is 11.5 Å². The minimum absolute atomic E-state index is 0.0355. The maximum Gasteiger partial charge on any atom is 0.387 e. The number of anilines is 1. The summed E-state index contributed by atoms with van der Waals surface area (Å²) in [6, 6.07) is 9.97. The highest BCUT2D eigenvalue weighted by molar-refractivity contribution is 6.17. The third-order valence-electron chi connectivity index (χ3n) is 5.54. The van der Waals surface area contributed by atoms with Crippen LogP contribution >= 0.6 is 0 Å². The van der Waals surface area contributed by atoms with Gasteiger partial charge in [0, 0.05) is 16.5 Å². The van der Waals surface area contributed by atoms with Gasteiger partial charge in [0.25, 0.3) is 5.91 Å². The second-order valence-electron chi connectivity index (χ2n) is 7.61. The summed E-state index contributed by atoms with van der Waals surface area (Å²) in [5, 5.41) is 11.7. The lowest BCUT2D eigenvalue weighted by molar-refractivity contribution is -0.142. The highest BCUT2D eigenvalue weighted by atomic mass is 19.3. The number of rotatable bonds is 8. The van der Waals surface area contributed by atoms with Crippen LogP contribution in [0.3, 0.4) is 0 Å². The van der Waals surface area contributed by atoms with Crippen molar-refractivity contribution >= 4 is 28.3 Å². The predicted octanol–water partition coefficient (Wildman–Crippen LogP) is 4.74. The summed E-state index contributed by atoms with van der Waals surface area (Å²) >= 11 is 0. The molecular formula is C25H22F3NO6. The van der Waals surface area contributed by atoms with Gasteiger partial charge in [-0.15, -0.1) is 0 Å². The van der Waals surface area contributed by atoms with E-state index in [4.69, 9.17) is 14.2 Å². The van der Waals surface area contributed by atoms with Crippen LogP contribution in [0, 0.1) is 5.82 Å². The van der Waals surface area contributed by atoms with Crippen LogP contribution in [-0.4, -0.2) is 36.8 Å². The Bertz CT molecular complexity index is 1300. The number of aliphatic hydroxyl groups excluding tert-OH is 1. The van der Waals surface area contributed by atoms with Crippen molar-refractivity contribution in [1.82, 2.24) is 0 Å². The lowest BCUT2D eigenvalue weighted by Crippen LogP contribution is -2.28. The number of nitrogens with zero attached hydrogens (tertiary/aromatic N) is 1. The Labute approximate surface area is 198 Å². The van der Waals surface area contributed by atoms with Crippen LogP contribution in [0.25, 0.3) is 10.8 Å². The van der Waals surface area contributed by atoms with Crippen molar-refractivity contribution in [3.8, 4) is 11.5 Å². The van der Waals surface area contributed by atoms with Gasteiger partial charge in [-0.3, -0.25) is 14.5 Å². The van der Waals surface area contributed by atoms with Crippen LogP contribution in [0.15, 0.2) is 42.5 Å². The molecule has 0 aliphatic carbocycles. The Morgan fingerprint density at radius 3 is 2.37 bits per heavy atom. The molecule has 1 heterocycles. The van der Waals surface area contributed by atoms with Gasteiger partial charge in [0.05, 0.1) is 30.8 Å². The average molecular weight is 489 g/mol. The number of fused-ring (bicyclic) bond motifs is 2. The molecule has 0 saturated carbocycles. The number of alkyl halides is 2. The van der Waals surface area contributed by atoms with Gasteiger partial charge < -0.3 is 19.3 Å². The molecule has 1 aliphatic rings. The number of hydrogen-bond donors (Lipinski definition) is 1. The fraction of sp³-hybridized carbons (Fsp3) is 0.280. The molecule has 0 bridgehead atoms. The molecule has 1 aliphatic heterocycles. The first-order valence-corrected chi connectivity index (χ1v) is 10.9. The van der Waals surface area contributed by atoms with Crippen molar-refractivity contribution in [3.63, 3.8) is 0 Å². The summed E-state index contributed by atoms with van der Waals surface area (Å²) in [5.41, 5.74) is -0.357. The maximum atomic E-state index is 14.8. The first-order chi connectivity index (χ1) is 16.8. The van der Waals surface area contributed by atoms with Gasteiger partial charge in [0.15, 0.2) is 6.23 Å². The summed E-state index contributed by atoms with van der Waals surface area (Å²) in [4.78, 5) is 26.0. The van der Waals surface area contributed by atoms with E-state index in [0.29, 0.717) is 5.39 Å². The van der Waals surface area contributed by atoms with Gasteiger partial charge in [-0.2, -0.15) is 8.78 Å². The van der Waals surface area contributed by atoms with Gasteiger partial charge in [-0.1, -0.05) is 30.3 Å². The highest BCUT2D eigenvalue weighted by Gasteiger charge is 2.44. The monoisotopic (exact) mass is 489 g/mol. The van der Waals surface area contributed by atoms with Gasteiger partial charge in [0.2, 0.25) is 0 Å². The van der Waals surface area contributed by atoms with E-state index in [2.05, 4.69) is 0 Å². The summed E-state index contributed by atoms with van der Waals surface area (Å²) < 4.78 is 56.8. The van der Waals surface area contributed by atoms with E-state index in [9.17, 15) is 27.9 Å². The molecule has 3 aromatic rings. The Hall–Kier alpha value is -3.79. The van der Waals surface area contributed by atoms with Crippen LogP contribution in [-0.2, 0) is 16.0 Å². The summed E-state index contributed by atoms with van der Waals surface area (Å²) in [7, 11) is 0. The third-order valence-corrected chi connectivity index (χ3v) is 5.54. The summed E-state index contributed by atoms with van der Waals surface area (Å²) in [6.45, 7) is 0.401. The Morgan fingerprint density at radius 2 is 1.77 bits per heavy atom. The SMILES string of the molecule is CCOC(=O)Cc1ccc(N2C(=O)c3c(c(OCC)c4ccccc4c3OC(F)F)C2O)cc1F. The molecule has 1 unspecified atom stereocenters. The molecule has 7 nitrogen and oxygen atoms in total. The van der Waals surface area contributed by atoms with Gasteiger partial charge in [-0.25, -0.2) is 4.39 Å². The number of ether oxygens (including phenoxy) is 3. The first kappa shape index (κ1) is 24.3. The molecule has 4 rings (SSSR count). The molecule has 0 spiro atoms. The van der Waals surface area contributed by atoms with Crippen LogP contribution in [0.2, 0.25) is 0 Å². The van der Waals surface area contributed by atoms with E-state index < -0.39 is 36.3 Å². The molecule has 0 aromatic heterocycles. The van der Waals surface area contributed by atoms with Crippen LogP contribution in [0.1, 0.15) is 41.6 Å². The highest BCUT2D eigenvalue weighted by Crippen LogP contribution is 2.50. The minimum atomic E-state index is -3.24. The van der Waals surface area contributed by atoms with Gasteiger partial charge in [-0.05, 0) is 31.5 Å². The zero-order valence-corrected chi connectivity index (χ0v) is 18.9. The fourth-order valence-corrected chi connectivity index (χ4v) is 4.18. The molecule has 0 saturated heterocycles. The van der Waals surface area contributed by atoms with Crippen molar-refractivity contribution in [2.24, 2.45) is 0 Å². The molecule has 1 N–H and O–H groups in total. The number of carbonyl (C=O) groups is 2. The molecule has 3 aromatic carbocycles. The Morgan fingerprint density at radius 1 is 1.09 bits per heavy atom. The molecule has 35 heavy (non-hydrogen) atoms. The smallest absolute Gasteiger partial charge is 0.387 e. The maximum absolute atomic E-state index is 14.8. The second kappa shape index (κ2) is 9.83. The Balaban J connectivity index is 1.85. The van der Waals surface area contributed by atoms with E-state index in [1.54, 1.807) is 32.0 Å². The minimum Gasteiger partial charge on any atom is -0.493 e. The number of amides is 1. The van der Waals surface area contributed by atoms with Gasteiger partial charge in [0.1, 0.15) is 17.3 Å². The lowest BCUT2D eigenvalue weighted by Gasteiger charge is -2.22. The Kier molecular flexibility index (Phi) is 6.83. The lowest BCUT2D eigenvalue weighted by atomic mass is 9.98. The molecule has 1 atom stereocenters.